The third kappa shape index (κ3) is 7.31. The van der Waals surface area contributed by atoms with Gasteiger partial charge in [-0.25, -0.2) is 0 Å². The van der Waals surface area contributed by atoms with Gasteiger partial charge in [0.1, 0.15) is 6.10 Å². The first kappa shape index (κ1) is 17.7. The molecule has 0 saturated heterocycles. The highest BCUT2D eigenvalue weighted by Gasteiger charge is 2.22. The number of benzene rings is 1. The van der Waals surface area contributed by atoms with Gasteiger partial charge in [0.25, 0.3) is 0 Å². The van der Waals surface area contributed by atoms with Gasteiger partial charge in [-0.2, -0.15) is 0 Å². The van der Waals surface area contributed by atoms with Crippen LogP contribution in [0.3, 0.4) is 0 Å². The van der Waals surface area contributed by atoms with E-state index in [0.717, 1.165) is 18.4 Å². The lowest BCUT2D eigenvalue weighted by Gasteiger charge is -2.26. The summed E-state index contributed by atoms with van der Waals surface area (Å²) in [5.74, 6) is 0.605. The van der Waals surface area contributed by atoms with Crippen LogP contribution in [0.25, 0.3) is 0 Å². The smallest absolute Gasteiger partial charge is 0.310 e. The number of esters is 1. The van der Waals surface area contributed by atoms with Gasteiger partial charge in [-0.1, -0.05) is 63.4 Å². The quantitative estimate of drug-likeness (QED) is 0.726. The fourth-order valence-corrected chi connectivity index (χ4v) is 2.59. The van der Waals surface area contributed by atoms with Crippen molar-refractivity contribution in [2.75, 3.05) is 0 Å². The fraction of sp³-hybridized carbons (Fsp3) is 0.632. The second-order valence-electron chi connectivity index (χ2n) is 6.25. The summed E-state index contributed by atoms with van der Waals surface area (Å²) in [5, 5.41) is 0. The van der Waals surface area contributed by atoms with Crippen molar-refractivity contribution >= 4 is 5.97 Å². The highest BCUT2D eigenvalue weighted by atomic mass is 16.5. The van der Waals surface area contributed by atoms with Crippen molar-refractivity contribution in [3.05, 3.63) is 35.4 Å². The summed E-state index contributed by atoms with van der Waals surface area (Å²) in [6.07, 6.45) is 6.30. The molecule has 0 bridgehead atoms. The zero-order valence-electron chi connectivity index (χ0n) is 14.0. The van der Waals surface area contributed by atoms with Crippen LogP contribution in [0.4, 0.5) is 0 Å². The van der Waals surface area contributed by atoms with Crippen molar-refractivity contribution in [1.29, 1.82) is 0 Å². The van der Waals surface area contributed by atoms with Crippen molar-refractivity contribution in [1.82, 2.24) is 0 Å². The van der Waals surface area contributed by atoms with Gasteiger partial charge in [0.05, 0.1) is 6.42 Å². The van der Waals surface area contributed by atoms with Crippen LogP contribution in [0.5, 0.6) is 0 Å². The SMILES string of the molecule is CCC.Cc1ccc(CC(=O)O[C@H]2CCCC(C)C2)cc1. The molecule has 1 aromatic rings. The Hall–Kier alpha value is -1.31. The molecular weight excluding hydrogens is 260 g/mol. The molecule has 2 atom stereocenters. The Morgan fingerprint density at radius 3 is 2.38 bits per heavy atom. The van der Waals surface area contributed by atoms with Gasteiger partial charge in [-0.15, -0.1) is 0 Å². The van der Waals surface area contributed by atoms with Gasteiger partial charge in [0.2, 0.25) is 0 Å². The summed E-state index contributed by atoms with van der Waals surface area (Å²) in [6.45, 7) is 8.53. The van der Waals surface area contributed by atoms with Crippen LogP contribution in [-0.2, 0) is 16.0 Å². The van der Waals surface area contributed by atoms with E-state index >= 15 is 0 Å². The third-order valence-electron chi connectivity index (χ3n) is 3.66. The van der Waals surface area contributed by atoms with Crippen LogP contribution >= 0.6 is 0 Å². The van der Waals surface area contributed by atoms with Crippen LogP contribution < -0.4 is 0 Å². The first-order chi connectivity index (χ1) is 10.0. The molecule has 0 aliphatic heterocycles. The van der Waals surface area contributed by atoms with Crippen molar-refractivity contribution in [2.45, 2.75) is 72.3 Å². The maximum atomic E-state index is 11.9. The topological polar surface area (TPSA) is 26.3 Å². The van der Waals surface area contributed by atoms with E-state index in [4.69, 9.17) is 4.74 Å². The van der Waals surface area contributed by atoms with Crippen LogP contribution in [0.15, 0.2) is 24.3 Å². The number of hydrogen-bond donors (Lipinski definition) is 0. The predicted molar refractivity (Wildman–Crippen MR) is 88.4 cm³/mol. The molecular formula is C19H30O2. The predicted octanol–water partition coefficient (Wildman–Crippen LogP) is 5.08. The normalized spacial score (nSPS) is 21.1. The molecule has 2 rings (SSSR count). The van der Waals surface area contributed by atoms with Crippen LogP contribution in [-0.4, -0.2) is 12.1 Å². The standard InChI is InChI=1S/C16H22O2.C3H8/c1-12-6-8-14(9-7-12)11-16(17)18-15-5-3-4-13(2)10-15;1-3-2/h6-9,13,15H,3-5,10-11H2,1-2H3;3H2,1-2H3/t13?,15-;/m0./s1. The van der Waals surface area contributed by atoms with E-state index in [1.54, 1.807) is 0 Å². The molecule has 1 saturated carbocycles. The van der Waals surface area contributed by atoms with Gasteiger partial charge < -0.3 is 4.74 Å². The molecule has 2 heteroatoms. The molecule has 0 amide bonds. The molecule has 0 aromatic heterocycles. The highest BCUT2D eigenvalue weighted by molar-refractivity contribution is 5.72. The van der Waals surface area contributed by atoms with Gasteiger partial charge in [-0.05, 0) is 37.7 Å². The minimum Gasteiger partial charge on any atom is -0.462 e. The van der Waals surface area contributed by atoms with Crippen LogP contribution in [0.1, 0.15) is 64.0 Å². The zero-order valence-corrected chi connectivity index (χ0v) is 14.0. The summed E-state index contributed by atoms with van der Waals surface area (Å²) in [6, 6.07) is 8.07. The maximum Gasteiger partial charge on any atom is 0.310 e. The Kier molecular flexibility index (Phi) is 8.11. The Labute approximate surface area is 129 Å². The molecule has 0 N–H and O–H groups in total. The Morgan fingerprint density at radius 2 is 1.81 bits per heavy atom. The molecule has 1 fully saturated rings. The number of rotatable bonds is 3. The van der Waals surface area contributed by atoms with Gasteiger partial charge >= 0.3 is 5.97 Å². The lowest BCUT2D eigenvalue weighted by Crippen LogP contribution is -2.25. The summed E-state index contributed by atoms with van der Waals surface area (Å²) >= 11 is 0. The number of carbonyl (C=O) groups excluding carboxylic acids is 1. The van der Waals surface area contributed by atoms with E-state index in [1.807, 2.05) is 31.2 Å². The third-order valence-corrected chi connectivity index (χ3v) is 3.66. The Morgan fingerprint density at radius 1 is 1.19 bits per heavy atom. The van der Waals surface area contributed by atoms with Crippen molar-refractivity contribution in [2.24, 2.45) is 5.92 Å². The summed E-state index contributed by atoms with van der Waals surface area (Å²) < 4.78 is 5.56. The Bertz CT molecular complexity index is 408. The molecule has 21 heavy (non-hydrogen) atoms. The van der Waals surface area contributed by atoms with E-state index in [-0.39, 0.29) is 12.1 Å². The lowest BCUT2D eigenvalue weighted by molar-refractivity contribution is -0.150. The summed E-state index contributed by atoms with van der Waals surface area (Å²) in [4.78, 5) is 11.9. The number of carbonyl (C=O) groups is 1. The van der Waals surface area contributed by atoms with E-state index in [9.17, 15) is 4.79 Å². The van der Waals surface area contributed by atoms with Crippen LogP contribution in [0, 0.1) is 12.8 Å². The van der Waals surface area contributed by atoms with E-state index in [0.29, 0.717) is 12.3 Å². The monoisotopic (exact) mass is 290 g/mol. The average Bonchev–Trinajstić information content (AvgIpc) is 2.42. The maximum absolute atomic E-state index is 11.9. The Balaban J connectivity index is 0.000000677. The van der Waals surface area contributed by atoms with Gasteiger partial charge in [0, 0.05) is 0 Å². The molecule has 0 heterocycles. The molecule has 0 radical (unpaired) electrons. The average molecular weight is 290 g/mol. The molecule has 1 aliphatic carbocycles. The lowest BCUT2D eigenvalue weighted by atomic mass is 9.89. The molecule has 1 aromatic carbocycles. The van der Waals surface area contributed by atoms with E-state index in [2.05, 4.69) is 20.8 Å². The van der Waals surface area contributed by atoms with Crippen molar-refractivity contribution < 1.29 is 9.53 Å². The molecule has 2 nitrogen and oxygen atoms in total. The van der Waals surface area contributed by atoms with E-state index in [1.165, 1.54) is 24.8 Å². The first-order valence-electron chi connectivity index (χ1n) is 8.30. The van der Waals surface area contributed by atoms with Gasteiger partial charge in [-0.3, -0.25) is 4.79 Å². The first-order valence-corrected chi connectivity index (χ1v) is 8.30. The zero-order chi connectivity index (χ0) is 15.7. The highest BCUT2D eigenvalue weighted by Crippen LogP contribution is 2.25. The van der Waals surface area contributed by atoms with Crippen molar-refractivity contribution in [3.8, 4) is 0 Å². The number of ether oxygens (including phenoxy) is 1. The summed E-state index contributed by atoms with van der Waals surface area (Å²) in [5.41, 5.74) is 2.25. The molecule has 1 aliphatic rings. The molecule has 1 unspecified atom stereocenters. The second kappa shape index (κ2) is 9.59. The minimum atomic E-state index is -0.0852. The summed E-state index contributed by atoms with van der Waals surface area (Å²) in [7, 11) is 0. The molecule has 118 valence electrons. The second-order valence-corrected chi connectivity index (χ2v) is 6.25. The van der Waals surface area contributed by atoms with Gasteiger partial charge in [0.15, 0.2) is 0 Å². The largest absolute Gasteiger partial charge is 0.462 e. The van der Waals surface area contributed by atoms with Crippen molar-refractivity contribution in [3.63, 3.8) is 0 Å². The van der Waals surface area contributed by atoms with E-state index < -0.39 is 0 Å². The van der Waals surface area contributed by atoms with Crippen LogP contribution in [0.2, 0.25) is 0 Å². The molecule has 0 spiro atoms. The number of hydrogen-bond acceptors (Lipinski definition) is 2. The number of aryl methyl sites for hydroxylation is 1. The minimum absolute atomic E-state index is 0.0852. The fourth-order valence-electron chi connectivity index (χ4n) is 2.59.